The summed E-state index contributed by atoms with van der Waals surface area (Å²) in [6.45, 7) is 14.6. The Morgan fingerprint density at radius 2 is 1.81 bits per heavy atom. The molecule has 9 nitrogen and oxygen atoms in total. The number of carbonyl (C=O) groups excluding carboxylic acids is 1. The summed E-state index contributed by atoms with van der Waals surface area (Å²) in [5, 5.41) is 2.96. The summed E-state index contributed by atoms with van der Waals surface area (Å²) in [6.07, 6.45) is 3.10. The second-order valence-corrected chi connectivity index (χ2v) is 12.6. The molecule has 1 aliphatic rings. The zero-order chi connectivity index (χ0) is 32.9. The summed E-state index contributed by atoms with van der Waals surface area (Å²) in [7, 11) is 1.63. The number of anilines is 1. The monoisotopic (exact) mass is 652 g/mol. The van der Waals surface area contributed by atoms with Crippen LogP contribution >= 0.6 is 11.6 Å². The third-order valence-corrected chi connectivity index (χ3v) is 9.06. The molecule has 5 aromatic rings. The van der Waals surface area contributed by atoms with E-state index in [-0.39, 0.29) is 31.3 Å². The van der Waals surface area contributed by atoms with Gasteiger partial charge in [-0.05, 0) is 73.4 Å². The number of ether oxygens (including phenoxy) is 1. The van der Waals surface area contributed by atoms with Gasteiger partial charge in [-0.3, -0.25) is 9.78 Å². The lowest BCUT2D eigenvalue weighted by molar-refractivity contribution is -0.128. The van der Waals surface area contributed by atoms with Crippen LogP contribution in [0.2, 0.25) is 5.02 Å². The minimum absolute atomic E-state index is 0. The third kappa shape index (κ3) is 5.84. The summed E-state index contributed by atoms with van der Waals surface area (Å²) in [5.41, 5.74) is 3.55. The molecule has 47 heavy (non-hydrogen) atoms. The van der Waals surface area contributed by atoms with Gasteiger partial charge in [0, 0.05) is 36.9 Å². The van der Waals surface area contributed by atoms with E-state index in [0.717, 1.165) is 27.6 Å². The summed E-state index contributed by atoms with van der Waals surface area (Å²) < 4.78 is 7.22. The first-order chi connectivity index (χ1) is 22.0. The predicted molar refractivity (Wildman–Crippen MR) is 191 cm³/mol. The third-order valence-electron chi connectivity index (χ3n) is 8.77. The fourth-order valence-electron chi connectivity index (χ4n) is 6.44. The Morgan fingerprint density at radius 3 is 2.51 bits per heavy atom. The van der Waals surface area contributed by atoms with Gasteiger partial charge in [-0.25, -0.2) is 14.3 Å². The lowest BCUT2D eigenvalue weighted by Gasteiger charge is -2.44. The molecule has 244 valence electrons. The summed E-state index contributed by atoms with van der Waals surface area (Å²) in [4.78, 5) is 45.3. The number of nitrogens with zero attached hydrogens (tertiary/aromatic N) is 6. The van der Waals surface area contributed by atoms with Crippen LogP contribution in [0.5, 0.6) is 5.75 Å². The highest BCUT2D eigenvalue weighted by Crippen LogP contribution is 2.39. The van der Waals surface area contributed by atoms with E-state index in [0.29, 0.717) is 52.1 Å². The average molecular weight is 653 g/mol. The minimum Gasteiger partial charge on any atom is -0.497 e. The fourth-order valence-corrected chi connectivity index (χ4v) is 6.70. The zero-order valence-electron chi connectivity index (χ0n) is 26.9. The number of aryl methyl sites for hydroxylation is 1. The fraction of sp³-hybridized carbons (Fsp3) is 0.324. The molecule has 2 atom stereocenters. The molecular weight excluding hydrogens is 612 g/mol. The molecule has 1 fully saturated rings. The van der Waals surface area contributed by atoms with E-state index in [9.17, 15) is 9.59 Å². The molecule has 1 amide bonds. The van der Waals surface area contributed by atoms with E-state index in [1.807, 2.05) is 83.1 Å². The van der Waals surface area contributed by atoms with E-state index in [2.05, 4.69) is 16.5 Å². The van der Waals surface area contributed by atoms with E-state index >= 15 is 0 Å². The van der Waals surface area contributed by atoms with Crippen molar-refractivity contribution >= 4 is 45.1 Å². The largest absolute Gasteiger partial charge is 0.497 e. The van der Waals surface area contributed by atoms with Gasteiger partial charge < -0.3 is 14.5 Å². The number of rotatable bonds is 6. The molecule has 0 N–H and O–H groups in total. The quantitative estimate of drug-likeness (QED) is 0.177. The van der Waals surface area contributed by atoms with Crippen LogP contribution in [0.4, 0.5) is 5.82 Å². The topological polar surface area (TPSA) is 93.5 Å². The maximum absolute atomic E-state index is 14.3. The van der Waals surface area contributed by atoms with Crippen molar-refractivity contribution in [3.63, 3.8) is 0 Å². The van der Waals surface area contributed by atoms with Crippen molar-refractivity contribution in [2.75, 3.05) is 25.1 Å². The molecule has 1 aliphatic heterocycles. The summed E-state index contributed by atoms with van der Waals surface area (Å²) in [5.74, 6) is 1.05. The minimum atomic E-state index is -0.471. The Balaban J connectivity index is 0.00000433. The molecule has 3 aromatic heterocycles. The lowest BCUT2D eigenvalue weighted by atomic mass is 10.0. The van der Waals surface area contributed by atoms with Crippen LogP contribution in [0.25, 0.3) is 38.8 Å². The number of methoxy groups -OCH3 is 1. The van der Waals surface area contributed by atoms with Crippen molar-refractivity contribution in [1.82, 2.24) is 24.4 Å². The van der Waals surface area contributed by atoms with E-state index in [1.165, 1.54) is 6.08 Å². The smallest absolute Gasteiger partial charge is 0.355 e. The van der Waals surface area contributed by atoms with Gasteiger partial charge in [0.1, 0.15) is 11.6 Å². The first-order valence-electron chi connectivity index (χ1n) is 15.4. The van der Waals surface area contributed by atoms with E-state index in [1.54, 1.807) is 22.8 Å². The van der Waals surface area contributed by atoms with Crippen molar-refractivity contribution in [1.29, 1.82) is 0 Å². The lowest BCUT2D eigenvalue weighted by Crippen LogP contribution is -2.58. The average Bonchev–Trinajstić information content (AvgIpc) is 3.04. The van der Waals surface area contributed by atoms with Crippen LogP contribution in [0.15, 0.2) is 72.2 Å². The maximum atomic E-state index is 14.3. The molecule has 0 bridgehead atoms. The second kappa shape index (κ2) is 13.2. The first-order valence-corrected chi connectivity index (χ1v) is 15.8. The number of fused-ring (bicyclic) bond motifs is 2. The number of aromatic nitrogens is 4. The Labute approximate surface area is 280 Å². The standard InChI is InChI=1S/C36H37ClN6O3.CH4/c1-8-30(44)41-18-23(6)42(19-22(41)5)34-28-17-29(37)32(27-16-25(46-7)15-24-11-9-10-12-26(24)27)39-35(28)43(36(45)40-34)33-21(4)13-14-38-31(33)20(2)3;/h8-17,20,22-23H,1,18-19H2,2-7H3;1H4/t22-,23+;/m1./s1. The number of halogens is 1. The Morgan fingerprint density at radius 1 is 1.06 bits per heavy atom. The van der Waals surface area contributed by atoms with Crippen LogP contribution < -0.4 is 15.3 Å². The van der Waals surface area contributed by atoms with Gasteiger partial charge in [-0.1, -0.05) is 63.7 Å². The van der Waals surface area contributed by atoms with Gasteiger partial charge >= 0.3 is 5.69 Å². The first kappa shape index (κ1) is 33.6. The van der Waals surface area contributed by atoms with E-state index in [4.69, 9.17) is 26.3 Å². The SMILES string of the molecule is C.C=CC(=O)N1C[C@H](C)N(c2nc(=O)n(-c3c(C)ccnc3C(C)C)c3nc(-c4cc(OC)cc5ccccc45)c(Cl)cc23)C[C@H]1C. The van der Waals surface area contributed by atoms with Crippen LogP contribution in [0.3, 0.4) is 0 Å². The Kier molecular flexibility index (Phi) is 9.41. The molecule has 0 spiro atoms. The molecule has 0 saturated carbocycles. The highest BCUT2D eigenvalue weighted by Gasteiger charge is 2.34. The molecule has 1 saturated heterocycles. The molecule has 10 heteroatoms. The van der Waals surface area contributed by atoms with Gasteiger partial charge in [-0.2, -0.15) is 4.98 Å². The van der Waals surface area contributed by atoms with Gasteiger partial charge in [0.15, 0.2) is 5.65 Å². The molecular formula is C37H41ClN6O3. The normalized spacial score (nSPS) is 16.4. The number of hydrogen-bond donors (Lipinski definition) is 0. The Bertz CT molecular complexity index is 2070. The van der Waals surface area contributed by atoms with Gasteiger partial charge in [-0.15, -0.1) is 0 Å². The highest BCUT2D eigenvalue weighted by molar-refractivity contribution is 6.34. The van der Waals surface area contributed by atoms with Crippen molar-refractivity contribution in [3.8, 4) is 22.7 Å². The molecule has 2 aromatic carbocycles. The number of amides is 1. The number of benzene rings is 2. The number of piperazine rings is 1. The van der Waals surface area contributed by atoms with Crippen LogP contribution in [0.1, 0.15) is 52.3 Å². The van der Waals surface area contributed by atoms with Crippen molar-refractivity contribution in [2.45, 2.75) is 60.0 Å². The van der Waals surface area contributed by atoms with Crippen LogP contribution in [0, 0.1) is 6.92 Å². The van der Waals surface area contributed by atoms with E-state index < -0.39 is 5.69 Å². The molecule has 0 radical (unpaired) electrons. The van der Waals surface area contributed by atoms with Crippen LogP contribution in [-0.4, -0.2) is 62.6 Å². The summed E-state index contributed by atoms with van der Waals surface area (Å²) in [6, 6.07) is 15.3. The highest BCUT2D eigenvalue weighted by atomic mass is 35.5. The second-order valence-electron chi connectivity index (χ2n) is 12.2. The predicted octanol–water partition coefficient (Wildman–Crippen LogP) is 7.34. The molecule has 6 rings (SSSR count). The number of hydrogen-bond acceptors (Lipinski definition) is 7. The zero-order valence-corrected chi connectivity index (χ0v) is 27.7. The van der Waals surface area contributed by atoms with Gasteiger partial charge in [0.25, 0.3) is 0 Å². The van der Waals surface area contributed by atoms with Crippen molar-refractivity contribution in [3.05, 3.63) is 94.1 Å². The molecule has 4 heterocycles. The van der Waals surface area contributed by atoms with Gasteiger partial charge in [0.2, 0.25) is 5.91 Å². The summed E-state index contributed by atoms with van der Waals surface area (Å²) >= 11 is 7.13. The molecule has 0 unspecified atom stereocenters. The van der Waals surface area contributed by atoms with Crippen molar-refractivity contribution < 1.29 is 9.53 Å². The van der Waals surface area contributed by atoms with Gasteiger partial charge in [0.05, 0.1) is 34.6 Å². The molecule has 0 aliphatic carbocycles. The number of pyridine rings is 2. The number of carbonyl (C=O) groups is 1. The maximum Gasteiger partial charge on any atom is 0.355 e. The van der Waals surface area contributed by atoms with Crippen LogP contribution in [-0.2, 0) is 4.79 Å². The Hall–Kier alpha value is -4.76. The van der Waals surface area contributed by atoms with Crippen molar-refractivity contribution in [2.24, 2.45) is 0 Å².